The zero-order valence-corrected chi connectivity index (χ0v) is 14.0. The second kappa shape index (κ2) is 6.23. The summed E-state index contributed by atoms with van der Waals surface area (Å²) in [5.41, 5.74) is 1.66. The lowest BCUT2D eigenvalue weighted by atomic mass is 10.1. The van der Waals surface area contributed by atoms with Gasteiger partial charge in [-0.05, 0) is 17.7 Å². The van der Waals surface area contributed by atoms with E-state index in [1.54, 1.807) is 18.2 Å². The third-order valence-electron chi connectivity index (χ3n) is 3.35. The number of nitrogens with zero attached hydrogens (tertiary/aromatic N) is 2. The monoisotopic (exact) mass is 349 g/mol. The molecule has 0 aliphatic rings. The molecule has 0 aliphatic carbocycles. The molecule has 23 heavy (non-hydrogen) atoms. The predicted molar refractivity (Wildman–Crippen MR) is 91.5 cm³/mol. The Labute approximate surface area is 137 Å². The van der Waals surface area contributed by atoms with Crippen LogP contribution in [0.5, 0.6) is 0 Å². The van der Waals surface area contributed by atoms with Crippen molar-refractivity contribution >= 4 is 37.2 Å². The summed E-state index contributed by atoms with van der Waals surface area (Å²) in [6.45, 7) is 0.374. The SMILES string of the molecule is CS(=O)(=O)c1cccc(-c2csc3ncnc(NCCO)c23)c1. The number of nitrogens with one attached hydrogen (secondary N) is 1. The van der Waals surface area contributed by atoms with Crippen molar-refractivity contribution in [3.63, 3.8) is 0 Å². The van der Waals surface area contributed by atoms with Crippen LogP contribution in [0.1, 0.15) is 0 Å². The highest BCUT2D eigenvalue weighted by atomic mass is 32.2. The number of aliphatic hydroxyl groups is 1. The first kappa shape index (κ1) is 15.9. The number of fused-ring (bicyclic) bond motifs is 1. The van der Waals surface area contributed by atoms with Gasteiger partial charge in [-0.25, -0.2) is 18.4 Å². The molecule has 1 aromatic carbocycles. The van der Waals surface area contributed by atoms with Crippen molar-refractivity contribution < 1.29 is 13.5 Å². The summed E-state index contributed by atoms with van der Waals surface area (Å²) < 4.78 is 23.5. The fourth-order valence-electron chi connectivity index (χ4n) is 2.29. The maximum Gasteiger partial charge on any atom is 0.175 e. The molecule has 0 fully saturated rings. The van der Waals surface area contributed by atoms with Crippen molar-refractivity contribution in [2.24, 2.45) is 0 Å². The van der Waals surface area contributed by atoms with Gasteiger partial charge < -0.3 is 10.4 Å². The zero-order valence-electron chi connectivity index (χ0n) is 12.4. The Hall–Kier alpha value is -2.03. The van der Waals surface area contributed by atoms with Gasteiger partial charge in [0.15, 0.2) is 9.84 Å². The van der Waals surface area contributed by atoms with Crippen molar-refractivity contribution in [1.29, 1.82) is 0 Å². The number of hydrogen-bond acceptors (Lipinski definition) is 7. The maximum absolute atomic E-state index is 11.8. The summed E-state index contributed by atoms with van der Waals surface area (Å²) >= 11 is 1.47. The normalized spacial score (nSPS) is 11.7. The molecule has 2 aromatic heterocycles. The third-order valence-corrected chi connectivity index (χ3v) is 5.34. The van der Waals surface area contributed by atoms with E-state index in [-0.39, 0.29) is 11.5 Å². The molecule has 2 N–H and O–H groups in total. The highest BCUT2D eigenvalue weighted by Gasteiger charge is 2.15. The van der Waals surface area contributed by atoms with Crippen molar-refractivity contribution in [2.45, 2.75) is 4.90 Å². The second-order valence-corrected chi connectivity index (χ2v) is 7.88. The minimum absolute atomic E-state index is 0.00543. The molecule has 2 heterocycles. The fourth-order valence-corrected chi connectivity index (χ4v) is 3.87. The Kier molecular flexibility index (Phi) is 4.29. The van der Waals surface area contributed by atoms with Gasteiger partial charge in [0.1, 0.15) is 17.0 Å². The smallest absolute Gasteiger partial charge is 0.175 e. The van der Waals surface area contributed by atoms with Crippen LogP contribution in [0.4, 0.5) is 5.82 Å². The molecule has 0 aliphatic heterocycles. The summed E-state index contributed by atoms with van der Waals surface area (Å²) in [6.07, 6.45) is 2.66. The predicted octanol–water partition coefficient (Wildman–Crippen LogP) is 2.17. The van der Waals surface area contributed by atoms with Crippen LogP contribution in [0.25, 0.3) is 21.3 Å². The summed E-state index contributed by atoms with van der Waals surface area (Å²) in [4.78, 5) is 9.56. The lowest BCUT2D eigenvalue weighted by Crippen LogP contribution is -2.07. The van der Waals surface area contributed by atoms with E-state index in [0.717, 1.165) is 21.3 Å². The molecule has 3 rings (SSSR count). The van der Waals surface area contributed by atoms with Crippen molar-refractivity contribution in [2.75, 3.05) is 24.7 Å². The molecule has 6 nitrogen and oxygen atoms in total. The average molecular weight is 349 g/mol. The number of anilines is 1. The molecule has 0 saturated heterocycles. The highest BCUT2D eigenvalue weighted by Crippen LogP contribution is 2.37. The lowest BCUT2D eigenvalue weighted by molar-refractivity contribution is 0.311. The Morgan fingerprint density at radius 3 is 2.87 bits per heavy atom. The second-order valence-electron chi connectivity index (χ2n) is 5.00. The van der Waals surface area contributed by atoms with Gasteiger partial charge in [0.2, 0.25) is 0 Å². The van der Waals surface area contributed by atoms with Crippen LogP contribution < -0.4 is 5.32 Å². The van der Waals surface area contributed by atoms with Crippen LogP contribution in [-0.2, 0) is 9.84 Å². The maximum atomic E-state index is 11.8. The largest absolute Gasteiger partial charge is 0.395 e. The lowest BCUT2D eigenvalue weighted by Gasteiger charge is -2.08. The standard InChI is InChI=1S/C15H15N3O3S2/c1-23(20,21)11-4-2-3-10(7-11)12-8-22-15-13(12)14(16-5-6-19)17-9-18-15/h2-4,7-9,19H,5-6H2,1H3,(H,16,17,18). The first-order chi connectivity index (χ1) is 11.0. The molecule has 0 unspecified atom stereocenters. The van der Waals surface area contributed by atoms with Crippen molar-refractivity contribution in [3.05, 3.63) is 36.0 Å². The number of thiophene rings is 1. The minimum atomic E-state index is -3.27. The van der Waals surface area contributed by atoms with Gasteiger partial charge in [0.05, 0.1) is 16.9 Å². The zero-order chi connectivity index (χ0) is 16.4. The van der Waals surface area contributed by atoms with Gasteiger partial charge in [0.25, 0.3) is 0 Å². The third kappa shape index (κ3) is 3.19. The van der Waals surface area contributed by atoms with Gasteiger partial charge in [-0.3, -0.25) is 0 Å². The number of sulfone groups is 1. The first-order valence-electron chi connectivity index (χ1n) is 6.88. The van der Waals surface area contributed by atoms with E-state index >= 15 is 0 Å². The Morgan fingerprint density at radius 2 is 2.13 bits per heavy atom. The van der Waals surface area contributed by atoms with Gasteiger partial charge in [-0.2, -0.15) is 0 Å². The average Bonchev–Trinajstić information content (AvgIpc) is 2.97. The topological polar surface area (TPSA) is 92.2 Å². The number of hydrogen-bond donors (Lipinski definition) is 2. The van der Waals surface area contributed by atoms with Crippen LogP contribution in [0, 0.1) is 0 Å². The van der Waals surface area contributed by atoms with E-state index in [2.05, 4.69) is 15.3 Å². The number of aliphatic hydroxyl groups excluding tert-OH is 1. The van der Waals surface area contributed by atoms with E-state index in [1.807, 2.05) is 11.4 Å². The minimum Gasteiger partial charge on any atom is -0.395 e. The molecule has 3 aromatic rings. The van der Waals surface area contributed by atoms with Crippen LogP contribution >= 0.6 is 11.3 Å². The molecule has 8 heteroatoms. The van der Waals surface area contributed by atoms with Crippen LogP contribution in [0.2, 0.25) is 0 Å². The molecular formula is C15H15N3O3S2. The number of aromatic nitrogens is 2. The van der Waals surface area contributed by atoms with E-state index in [9.17, 15) is 8.42 Å². The van der Waals surface area contributed by atoms with Gasteiger partial charge >= 0.3 is 0 Å². The van der Waals surface area contributed by atoms with Gasteiger partial charge in [0, 0.05) is 23.7 Å². The summed E-state index contributed by atoms with van der Waals surface area (Å²) in [6, 6.07) is 6.81. The van der Waals surface area contributed by atoms with Crippen LogP contribution in [0.3, 0.4) is 0 Å². The van der Waals surface area contributed by atoms with Crippen molar-refractivity contribution in [3.8, 4) is 11.1 Å². The first-order valence-corrected chi connectivity index (χ1v) is 9.65. The van der Waals surface area contributed by atoms with E-state index in [4.69, 9.17) is 5.11 Å². The molecule has 0 saturated carbocycles. The molecule has 0 bridgehead atoms. The Balaban J connectivity index is 2.17. The van der Waals surface area contributed by atoms with Crippen LogP contribution in [-0.4, -0.2) is 42.9 Å². The Morgan fingerprint density at radius 1 is 1.30 bits per heavy atom. The highest BCUT2D eigenvalue weighted by molar-refractivity contribution is 7.90. The summed E-state index contributed by atoms with van der Waals surface area (Å²) in [5, 5.41) is 14.8. The summed E-state index contributed by atoms with van der Waals surface area (Å²) in [5.74, 6) is 0.630. The summed E-state index contributed by atoms with van der Waals surface area (Å²) in [7, 11) is -3.27. The quantitative estimate of drug-likeness (QED) is 0.733. The molecule has 0 radical (unpaired) electrons. The number of benzene rings is 1. The van der Waals surface area contributed by atoms with Crippen LogP contribution in [0.15, 0.2) is 40.9 Å². The molecular weight excluding hydrogens is 334 g/mol. The molecule has 0 amide bonds. The molecule has 0 atom stereocenters. The molecule has 0 spiro atoms. The van der Waals surface area contributed by atoms with Crippen molar-refractivity contribution in [1.82, 2.24) is 9.97 Å². The Bertz CT molecular complexity index is 952. The van der Waals surface area contributed by atoms with Gasteiger partial charge in [-0.1, -0.05) is 12.1 Å². The van der Waals surface area contributed by atoms with E-state index < -0.39 is 9.84 Å². The van der Waals surface area contributed by atoms with E-state index in [0.29, 0.717) is 12.4 Å². The van der Waals surface area contributed by atoms with Gasteiger partial charge in [-0.15, -0.1) is 11.3 Å². The molecule has 120 valence electrons. The number of rotatable bonds is 5. The fraction of sp³-hybridized carbons (Fsp3) is 0.200. The van der Waals surface area contributed by atoms with E-state index in [1.165, 1.54) is 23.9 Å².